The minimum atomic E-state index is -0.290. The number of hydrogen-bond acceptors (Lipinski definition) is 2. The van der Waals surface area contributed by atoms with Crippen LogP contribution < -0.4 is 10.6 Å². The standard InChI is InChI=1S/C23H17Cl2N3O2/c24-16-7-8-18-15(13-26-20(18)12-16)11-22(29)28-21-10-14(6-9-19(21)25)23(30)27-17-4-2-1-3-5-17/h1-10,12-13,26H,11H2,(H,27,30)(H,28,29). The number of halogens is 2. The molecule has 7 heteroatoms. The highest BCUT2D eigenvalue weighted by atomic mass is 35.5. The second-order valence-electron chi connectivity index (χ2n) is 6.74. The van der Waals surface area contributed by atoms with Crippen LogP contribution in [0, 0.1) is 0 Å². The molecule has 0 fully saturated rings. The zero-order valence-electron chi connectivity index (χ0n) is 15.7. The maximum absolute atomic E-state index is 12.6. The number of rotatable bonds is 5. The minimum Gasteiger partial charge on any atom is -0.361 e. The molecule has 0 spiro atoms. The van der Waals surface area contributed by atoms with Crippen LogP contribution in [-0.2, 0) is 11.2 Å². The Balaban J connectivity index is 1.49. The third-order valence-corrected chi connectivity index (χ3v) is 5.18. The quantitative estimate of drug-likeness (QED) is 0.363. The van der Waals surface area contributed by atoms with E-state index >= 15 is 0 Å². The normalized spacial score (nSPS) is 10.7. The van der Waals surface area contributed by atoms with Crippen molar-refractivity contribution < 1.29 is 9.59 Å². The Morgan fingerprint density at radius 1 is 0.900 bits per heavy atom. The van der Waals surface area contributed by atoms with Crippen molar-refractivity contribution >= 4 is 57.3 Å². The number of carbonyl (C=O) groups excluding carboxylic acids is 2. The van der Waals surface area contributed by atoms with Crippen LogP contribution in [0.1, 0.15) is 15.9 Å². The summed E-state index contributed by atoms with van der Waals surface area (Å²) in [6, 6.07) is 19.4. The molecule has 0 unspecified atom stereocenters. The Kier molecular flexibility index (Phi) is 5.74. The summed E-state index contributed by atoms with van der Waals surface area (Å²) in [5.74, 6) is -0.532. The number of anilines is 2. The Morgan fingerprint density at radius 2 is 1.70 bits per heavy atom. The fourth-order valence-electron chi connectivity index (χ4n) is 3.16. The Hall–Kier alpha value is -3.28. The lowest BCUT2D eigenvalue weighted by molar-refractivity contribution is -0.115. The summed E-state index contributed by atoms with van der Waals surface area (Å²) in [6.45, 7) is 0. The second-order valence-corrected chi connectivity index (χ2v) is 7.59. The van der Waals surface area contributed by atoms with Gasteiger partial charge in [-0.1, -0.05) is 47.5 Å². The molecule has 0 bridgehead atoms. The monoisotopic (exact) mass is 437 g/mol. The number of carbonyl (C=O) groups is 2. The number of benzene rings is 3. The van der Waals surface area contributed by atoms with Gasteiger partial charge in [-0.05, 0) is 48.0 Å². The summed E-state index contributed by atoms with van der Waals surface area (Å²) in [5.41, 5.74) is 3.16. The third kappa shape index (κ3) is 4.48. The molecule has 0 aliphatic carbocycles. The van der Waals surface area contributed by atoms with Crippen molar-refractivity contribution in [1.82, 2.24) is 4.98 Å². The van der Waals surface area contributed by atoms with Gasteiger partial charge in [0, 0.05) is 33.4 Å². The first-order valence-electron chi connectivity index (χ1n) is 9.21. The molecule has 1 heterocycles. The largest absolute Gasteiger partial charge is 0.361 e. The second kappa shape index (κ2) is 8.61. The van der Waals surface area contributed by atoms with Crippen molar-refractivity contribution in [2.75, 3.05) is 10.6 Å². The molecule has 5 nitrogen and oxygen atoms in total. The van der Waals surface area contributed by atoms with Gasteiger partial charge in [-0.2, -0.15) is 0 Å². The average Bonchev–Trinajstić information content (AvgIpc) is 3.12. The van der Waals surface area contributed by atoms with Gasteiger partial charge in [-0.3, -0.25) is 9.59 Å². The van der Waals surface area contributed by atoms with Crippen molar-refractivity contribution in [1.29, 1.82) is 0 Å². The van der Waals surface area contributed by atoms with Crippen LogP contribution in [0.2, 0.25) is 10.0 Å². The van der Waals surface area contributed by atoms with Gasteiger partial charge >= 0.3 is 0 Å². The number of para-hydroxylation sites is 1. The number of aromatic nitrogens is 1. The molecule has 3 aromatic carbocycles. The number of nitrogens with one attached hydrogen (secondary N) is 3. The van der Waals surface area contributed by atoms with E-state index in [4.69, 9.17) is 23.2 Å². The van der Waals surface area contributed by atoms with Gasteiger partial charge in [0.2, 0.25) is 5.91 Å². The van der Waals surface area contributed by atoms with Gasteiger partial charge in [-0.25, -0.2) is 0 Å². The molecule has 0 saturated carbocycles. The fraction of sp³-hybridized carbons (Fsp3) is 0.0435. The van der Waals surface area contributed by atoms with E-state index in [0.29, 0.717) is 27.0 Å². The maximum Gasteiger partial charge on any atom is 0.255 e. The van der Waals surface area contributed by atoms with Crippen LogP contribution in [-0.4, -0.2) is 16.8 Å². The molecule has 0 radical (unpaired) electrons. The van der Waals surface area contributed by atoms with E-state index in [9.17, 15) is 9.59 Å². The molecule has 1 aromatic heterocycles. The highest BCUT2D eigenvalue weighted by molar-refractivity contribution is 6.34. The average molecular weight is 438 g/mol. The van der Waals surface area contributed by atoms with E-state index in [1.54, 1.807) is 42.6 Å². The minimum absolute atomic E-state index is 0.151. The van der Waals surface area contributed by atoms with E-state index < -0.39 is 0 Å². The molecular formula is C23H17Cl2N3O2. The molecule has 150 valence electrons. The fourth-order valence-corrected chi connectivity index (χ4v) is 3.50. The maximum atomic E-state index is 12.6. The molecule has 0 aliphatic rings. The SMILES string of the molecule is O=C(Cc1c[nH]c2cc(Cl)ccc12)Nc1cc(C(=O)Nc2ccccc2)ccc1Cl. The number of H-pyrrole nitrogens is 1. The first-order chi connectivity index (χ1) is 14.5. The van der Waals surface area contributed by atoms with Crippen LogP contribution in [0.4, 0.5) is 11.4 Å². The van der Waals surface area contributed by atoms with E-state index in [1.807, 2.05) is 30.3 Å². The zero-order valence-corrected chi connectivity index (χ0v) is 17.2. The molecule has 4 rings (SSSR count). The molecule has 0 aliphatic heterocycles. The molecule has 4 aromatic rings. The predicted molar refractivity (Wildman–Crippen MR) is 121 cm³/mol. The summed E-state index contributed by atoms with van der Waals surface area (Å²) in [6.07, 6.45) is 1.93. The van der Waals surface area contributed by atoms with Gasteiger partial charge < -0.3 is 15.6 Å². The lowest BCUT2D eigenvalue weighted by Gasteiger charge is -2.10. The van der Waals surface area contributed by atoms with Crippen molar-refractivity contribution in [2.45, 2.75) is 6.42 Å². The first-order valence-corrected chi connectivity index (χ1v) is 9.96. The van der Waals surface area contributed by atoms with Crippen molar-refractivity contribution in [3.05, 3.63) is 94.1 Å². The van der Waals surface area contributed by atoms with Crippen molar-refractivity contribution in [3.63, 3.8) is 0 Å². The molecule has 30 heavy (non-hydrogen) atoms. The Morgan fingerprint density at radius 3 is 2.50 bits per heavy atom. The number of fused-ring (bicyclic) bond motifs is 1. The topological polar surface area (TPSA) is 74.0 Å². The van der Waals surface area contributed by atoms with Gasteiger partial charge in [0.1, 0.15) is 0 Å². The lowest BCUT2D eigenvalue weighted by Crippen LogP contribution is -2.16. The highest BCUT2D eigenvalue weighted by Gasteiger charge is 2.14. The van der Waals surface area contributed by atoms with Crippen LogP contribution in [0.3, 0.4) is 0 Å². The lowest BCUT2D eigenvalue weighted by atomic mass is 10.1. The number of hydrogen-bond donors (Lipinski definition) is 3. The molecule has 3 N–H and O–H groups in total. The summed E-state index contributed by atoms with van der Waals surface area (Å²) < 4.78 is 0. The van der Waals surface area contributed by atoms with Crippen LogP contribution in [0.15, 0.2) is 72.9 Å². The summed E-state index contributed by atoms with van der Waals surface area (Å²) in [7, 11) is 0. The molecule has 2 amide bonds. The Bertz CT molecular complexity index is 1240. The summed E-state index contributed by atoms with van der Waals surface area (Å²) in [4.78, 5) is 28.2. The smallest absolute Gasteiger partial charge is 0.255 e. The van der Waals surface area contributed by atoms with Gasteiger partial charge in [0.15, 0.2) is 0 Å². The van der Waals surface area contributed by atoms with E-state index in [2.05, 4.69) is 15.6 Å². The zero-order chi connectivity index (χ0) is 21.1. The van der Waals surface area contributed by atoms with E-state index in [0.717, 1.165) is 16.5 Å². The van der Waals surface area contributed by atoms with Gasteiger partial charge in [0.25, 0.3) is 5.91 Å². The van der Waals surface area contributed by atoms with Crippen LogP contribution >= 0.6 is 23.2 Å². The summed E-state index contributed by atoms with van der Waals surface area (Å²) in [5, 5.41) is 7.50. The molecular weight excluding hydrogens is 421 g/mol. The van der Waals surface area contributed by atoms with Crippen molar-refractivity contribution in [2.24, 2.45) is 0 Å². The summed E-state index contributed by atoms with van der Waals surface area (Å²) >= 11 is 12.2. The van der Waals surface area contributed by atoms with Crippen LogP contribution in [0.25, 0.3) is 10.9 Å². The molecule has 0 saturated heterocycles. The molecule has 0 atom stereocenters. The number of aromatic amines is 1. The van der Waals surface area contributed by atoms with Crippen molar-refractivity contribution in [3.8, 4) is 0 Å². The van der Waals surface area contributed by atoms with E-state index in [-0.39, 0.29) is 18.2 Å². The Labute approximate surface area is 183 Å². The third-order valence-electron chi connectivity index (χ3n) is 4.61. The van der Waals surface area contributed by atoms with Gasteiger partial charge in [-0.15, -0.1) is 0 Å². The van der Waals surface area contributed by atoms with Gasteiger partial charge in [0.05, 0.1) is 17.1 Å². The first kappa shape index (κ1) is 20.0. The number of amides is 2. The predicted octanol–water partition coefficient (Wildman–Crippen LogP) is 5.91. The van der Waals surface area contributed by atoms with E-state index in [1.165, 1.54) is 0 Å². The van der Waals surface area contributed by atoms with Crippen LogP contribution in [0.5, 0.6) is 0 Å². The highest BCUT2D eigenvalue weighted by Crippen LogP contribution is 2.26.